The van der Waals surface area contributed by atoms with E-state index in [9.17, 15) is 9.59 Å². The second-order valence-electron chi connectivity index (χ2n) is 7.40. The maximum Gasteiger partial charge on any atom is 0.253 e. The number of nitrogens with one attached hydrogen (secondary N) is 2. The van der Waals surface area contributed by atoms with Gasteiger partial charge in [-0.25, -0.2) is 0 Å². The molecule has 0 aliphatic carbocycles. The fourth-order valence-corrected chi connectivity index (χ4v) is 3.83. The lowest BCUT2D eigenvalue weighted by molar-refractivity contribution is -0.115. The number of carbonyl (C=O) groups is 2. The molecule has 150 valence electrons. The van der Waals surface area contributed by atoms with E-state index in [2.05, 4.69) is 10.6 Å². The summed E-state index contributed by atoms with van der Waals surface area (Å²) in [7, 11) is 1.97. The van der Waals surface area contributed by atoms with E-state index in [-0.39, 0.29) is 24.3 Å². The van der Waals surface area contributed by atoms with Crippen molar-refractivity contribution >= 4 is 28.4 Å². The predicted octanol–water partition coefficient (Wildman–Crippen LogP) is 3.27. The number of carbonyl (C=O) groups excluding carboxylic acids is 2. The summed E-state index contributed by atoms with van der Waals surface area (Å²) in [5.74, 6) is -0.359. The summed E-state index contributed by atoms with van der Waals surface area (Å²) in [6, 6.07) is 15.1. The zero-order valence-corrected chi connectivity index (χ0v) is 16.5. The summed E-state index contributed by atoms with van der Waals surface area (Å²) in [6.45, 7) is 1.23. The fraction of sp³-hybridized carbons (Fsp3) is 0.304. The van der Waals surface area contributed by atoms with Gasteiger partial charge in [0.25, 0.3) is 5.91 Å². The molecular formula is C23H25N3O3. The molecule has 1 aromatic heterocycles. The van der Waals surface area contributed by atoms with Crippen molar-refractivity contribution in [1.82, 2.24) is 9.88 Å². The van der Waals surface area contributed by atoms with Gasteiger partial charge < -0.3 is 19.9 Å². The topological polar surface area (TPSA) is 72.4 Å². The van der Waals surface area contributed by atoms with Crippen molar-refractivity contribution in [1.29, 1.82) is 0 Å². The van der Waals surface area contributed by atoms with Crippen LogP contribution in [-0.4, -0.2) is 35.6 Å². The number of para-hydroxylation sites is 2. The van der Waals surface area contributed by atoms with Crippen LogP contribution >= 0.6 is 0 Å². The molecule has 1 aliphatic rings. The first-order valence-electron chi connectivity index (χ1n) is 9.93. The van der Waals surface area contributed by atoms with Crippen LogP contribution in [0.25, 0.3) is 10.9 Å². The van der Waals surface area contributed by atoms with Gasteiger partial charge in [-0.05, 0) is 36.6 Å². The number of hydrogen-bond donors (Lipinski definition) is 2. The Hall–Kier alpha value is -3.12. The Morgan fingerprint density at radius 1 is 1.14 bits per heavy atom. The van der Waals surface area contributed by atoms with Gasteiger partial charge in [0, 0.05) is 37.3 Å². The molecule has 2 amide bonds. The third-order valence-corrected chi connectivity index (χ3v) is 5.29. The lowest BCUT2D eigenvalue weighted by atomic mass is 10.1. The van der Waals surface area contributed by atoms with Crippen LogP contribution < -0.4 is 10.6 Å². The van der Waals surface area contributed by atoms with E-state index < -0.39 is 0 Å². The first-order chi connectivity index (χ1) is 14.1. The molecule has 1 atom stereocenters. The highest BCUT2D eigenvalue weighted by molar-refractivity contribution is 6.04. The zero-order valence-electron chi connectivity index (χ0n) is 16.5. The molecule has 4 rings (SSSR count). The smallest absolute Gasteiger partial charge is 0.253 e. The monoisotopic (exact) mass is 391 g/mol. The first-order valence-corrected chi connectivity index (χ1v) is 9.93. The van der Waals surface area contributed by atoms with Crippen LogP contribution in [0.5, 0.6) is 0 Å². The van der Waals surface area contributed by atoms with Gasteiger partial charge >= 0.3 is 0 Å². The van der Waals surface area contributed by atoms with Crippen LogP contribution in [-0.2, 0) is 23.0 Å². The van der Waals surface area contributed by atoms with Crippen molar-refractivity contribution in [3.05, 3.63) is 65.9 Å². The minimum atomic E-state index is -0.207. The van der Waals surface area contributed by atoms with E-state index in [0.717, 1.165) is 35.9 Å². The van der Waals surface area contributed by atoms with Gasteiger partial charge in [0.2, 0.25) is 5.91 Å². The molecule has 1 unspecified atom stereocenters. The van der Waals surface area contributed by atoms with Gasteiger partial charge in [-0.1, -0.05) is 30.3 Å². The second-order valence-corrected chi connectivity index (χ2v) is 7.40. The number of aryl methyl sites for hydroxylation is 1. The number of benzene rings is 2. The third kappa shape index (κ3) is 4.32. The van der Waals surface area contributed by atoms with Gasteiger partial charge in [0.1, 0.15) is 0 Å². The van der Waals surface area contributed by atoms with E-state index in [0.29, 0.717) is 17.8 Å². The molecule has 2 aromatic carbocycles. The van der Waals surface area contributed by atoms with Crippen molar-refractivity contribution in [2.45, 2.75) is 25.4 Å². The van der Waals surface area contributed by atoms with Crippen molar-refractivity contribution < 1.29 is 14.3 Å². The number of ether oxygens (including phenoxy) is 1. The summed E-state index contributed by atoms with van der Waals surface area (Å²) >= 11 is 0. The number of aromatic nitrogens is 1. The predicted molar refractivity (Wildman–Crippen MR) is 113 cm³/mol. The molecule has 0 saturated carbocycles. The van der Waals surface area contributed by atoms with Gasteiger partial charge in [0.05, 0.1) is 23.8 Å². The molecule has 2 N–H and O–H groups in total. The lowest BCUT2D eigenvalue weighted by Gasteiger charge is -2.13. The summed E-state index contributed by atoms with van der Waals surface area (Å²) < 4.78 is 7.57. The Balaban J connectivity index is 1.44. The number of fused-ring (bicyclic) bond motifs is 1. The highest BCUT2D eigenvalue weighted by Crippen LogP contribution is 2.22. The molecule has 1 saturated heterocycles. The average molecular weight is 391 g/mol. The number of hydrogen-bond acceptors (Lipinski definition) is 3. The molecule has 6 heteroatoms. The number of rotatable bonds is 6. The Morgan fingerprint density at radius 2 is 1.93 bits per heavy atom. The molecule has 0 bridgehead atoms. The molecule has 0 spiro atoms. The second kappa shape index (κ2) is 8.49. The van der Waals surface area contributed by atoms with E-state index >= 15 is 0 Å². The van der Waals surface area contributed by atoms with Crippen molar-refractivity contribution in [3.63, 3.8) is 0 Å². The van der Waals surface area contributed by atoms with Crippen molar-refractivity contribution in [3.8, 4) is 0 Å². The van der Waals surface area contributed by atoms with Gasteiger partial charge in [-0.2, -0.15) is 0 Å². The van der Waals surface area contributed by atoms with Crippen LogP contribution in [0.3, 0.4) is 0 Å². The first kappa shape index (κ1) is 19.2. The largest absolute Gasteiger partial charge is 0.376 e. The van der Waals surface area contributed by atoms with Gasteiger partial charge in [0.15, 0.2) is 0 Å². The minimum Gasteiger partial charge on any atom is -0.376 e. The van der Waals surface area contributed by atoms with E-state index in [1.165, 1.54) is 0 Å². The number of anilines is 1. The average Bonchev–Trinajstić information content (AvgIpc) is 3.35. The van der Waals surface area contributed by atoms with Crippen LogP contribution in [0.15, 0.2) is 54.7 Å². The molecule has 0 radical (unpaired) electrons. The zero-order chi connectivity index (χ0) is 20.2. The molecule has 1 aliphatic heterocycles. The Labute approximate surface area is 169 Å². The normalized spacial score (nSPS) is 16.1. The highest BCUT2D eigenvalue weighted by Gasteiger charge is 2.19. The fourth-order valence-electron chi connectivity index (χ4n) is 3.83. The van der Waals surface area contributed by atoms with Crippen molar-refractivity contribution in [2.24, 2.45) is 7.05 Å². The quantitative estimate of drug-likeness (QED) is 0.677. The SMILES string of the molecule is Cn1cc(CC(=O)Nc2ccccc2C(=O)NCC2CCCO2)c2ccccc21. The summed E-state index contributed by atoms with van der Waals surface area (Å²) in [6.07, 6.45) is 4.29. The van der Waals surface area contributed by atoms with Crippen LogP contribution in [0.4, 0.5) is 5.69 Å². The molecule has 1 fully saturated rings. The molecular weight excluding hydrogens is 366 g/mol. The summed E-state index contributed by atoms with van der Waals surface area (Å²) in [5, 5.41) is 6.88. The maximum absolute atomic E-state index is 12.7. The van der Waals surface area contributed by atoms with Crippen LogP contribution in [0.1, 0.15) is 28.8 Å². The van der Waals surface area contributed by atoms with E-state index in [4.69, 9.17) is 4.74 Å². The van der Waals surface area contributed by atoms with Gasteiger partial charge in [-0.3, -0.25) is 9.59 Å². The summed E-state index contributed by atoms with van der Waals surface area (Å²) in [5.41, 5.74) is 3.02. The number of amides is 2. The van der Waals surface area contributed by atoms with Crippen molar-refractivity contribution in [2.75, 3.05) is 18.5 Å². The highest BCUT2D eigenvalue weighted by atomic mass is 16.5. The third-order valence-electron chi connectivity index (χ3n) is 5.29. The Kier molecular flexibility index (Phi) is 5.62. The molecule has 29 heavy (non-hydrogen) atoms. The van der Waals surface area contributed by atoms with Crippen LogP contribution in [0, 0.1) is 0 Å². The minimum absolute atomic E-state index is 0.0760. The standard InChI is InChI=1S/C23H25N3O3/c1-26-15-16(18-8-3-5-11-21(18)26)13-22(27)25-20-10-4-2-9-19(20)23(28)24-14-17-7-6-12-29-17/h2-5,8-11,15,17H,6-7,12-14H2,1H3,(H,24,28)(H,25,27). The Morgan fingerprint density at radius 3 is 2.76 bits per heavy atom. The van der Waals surface area contributed by atoms with E-state index in [1.807, 2.05) is 48.1 Å². The molecule has 3 aromatic rings. The lowest BCUT2D eigenvalue weighted by Crippen LogP contribution is -2.32. The Bertz CT molecular complexity index is 1030. The molecule has 2 heterocycles. The van der Waals surface area contributed by atoms with Gasteiger partial charge in [-0.15, -0.1) is 0 Å². The number of nitrogens with zero attached hydrogens (tertiary/aromatic N) is 1. The van der Waals surface area contributed by atoms with Crippen LogP contribution in [0.2, 0.25) is 0 Å². The summed E-state index contributed by atoms with van der Waals surface area (Å²) in [4.78, 5) is 25.3. The van der Waals surface area contributed by atoms with E-state index in [1.54, 1.807) is 18.2 Å². The molecule has 6 nitrogen and oxygen atoms in total. The maximum atomic E-state index is 12.7.